The molecule has 0 saturated carbocycles. The summed E-state index contributed by atoms with van der Waals surface area (Å²) >= 11 is 0. The predicted molar refractivity (Wildman–Crippen MR) is 78.3 cm³/mol. The van der Waals surface area contributed by atoms with Crippen LogP contribution in [0.25, 0.3) is 0 Å². The van der Waals surface area contributed by atoms with Crippen LogP contribution in [-0.4, -0.2) is 12.8 Å². The quantitative estimate of drug-likeness (QED) is 0.618. The maximum absolute atomic E-state index is 4.19. The van der Waals surface area contributed by atoms with E-state index in [-0.39, 0.29) is 0 Å². The van der Waals surface area contributed by atoms with Gasteiger partial charge in [0.25, 0.3) is 0 Å². The van der Waals surface area contributed by atoms with Gasteiger partial charge in [-0.25, -0.2) is 0 Å². The van der Waals surface area contributed by atoms with E-state index in [1.54, 1.807) is 0 Å². The Kier molecular flexibility index (Phi) is 4.36. The highest BCUT2D eigenvalue weighted by Crippen LogP contribution is 2.08. The van der Waals surface area contributed by atoms with Gasteiger partial charge in [-0.05, 0) is 36.8 Å². The molecule has 0 heterocycles. The lowest BCUT2D eigenvalue weighted by Crippen LogP contribution is -1.96. The van der Waals surface area contributed by atoms with E-state index in [2.05, 4.69) is 22.8 Å². The van der Waals surface area contributed by atoms with Crippen LogP contribution in [0.5, 0.6) is 0 Å². The van der Waals surface area contributed by atoms with Gasteiger partial charge in [0.05, 0.1) is 11.9 Å². The van der Waals surface area contributed by atoms with Gasteiger partial charge < -0.3 is 5.32 Å². The number of para-hydroxylation sites is 1. The van der Waals surface area contributed by atoms with E-state index < -0.39 is 0 Å². The fourth-order valence-electron chi connectivity index (χ4n) is 1.59. The van der Waals surface area contributed by atoms with E-state index in [1.807, 2.05) is 60.8 Å². The third-order valence-electron chi connectivity index (χ3n) is 2.47. The molecule has 0 spiro atoms. The molecular formula is C15H17N3. The van der Waals surface area contributed by atoms with Gasteiger partial charge in [-0.2, -0.15) is 5.10 Å². The summed E-state index contributed by atoms with van der Waals surface area (Å²) in [7, 11) is 0. The van der Waals surface area contributed by atoms with Crippen LogP contribution in [0.3, 0.4) is 0 Å². The van der Waals surface area contributed by atoms with Crippen molar-refractivity contribution in [3.05, 3.63) is 60.2 Å². The van der Waals surface area contributed by atoms with Gasteiger partial charge in [0.15, 0.2) is 0 Å². The number of hydrazone groups is 1. The Morgan fingerprint density at radius 1 is 0.944 bits per heavy atom. The molecule has 0 amide bonds. The molecule has 0 aliphatic carbocycles. The molecule has 0 atom stereocenters. The first-order valence-corrected chi connectivity index (χ1v) is 6.06. The van der Waals surface area contributed by atoms with Crippen molar-refractivity contribution in [2.45, 2.75) is 6.92 Å². The standard InChI is InChI=1S/C15H17N3/c1-2-16-14-10-8-13(9-11-14)12-17-18-15-6-4-3-5-7-15/h3-12,16,18H,2H2,1H3/b17-12+. The third kappa shape index (κ3) is 3.63. The van der Waals surface area contributed by atoms with Crippen LogP contribution >= 0.6 is 0 Å². The van der Waals surface area contributed by atoms with Gasteiger partial charge in [0, 0.05) is 12.2 Å². The molecule has 0 bridgehead atoms. The summed E-state index contributed by atoms with van der Waals surface area (Å²) in [6.45, 7) is 3.02. The minimum absolute atomic E-state index is 0.934. The van der Waals surface area contributed by atoms with Crippen molar-refractivity contribution in [3.8, 4) is 0 Å². The topological polar surface area (TPSA) is 36.4 Å². The molecule has 0 saturated heterocycles. The Morgan fingerprint density at radius 3 is 2.33 bits per heavy atom. The fourth-order valence-corrected chi connectivity index (χ4v) is 1.59. The molecule has 0 aromatic heterocycles. The predicted octanol–water partition coefficient (Wildman–Crippen LogP) is 3.56. The zero-order valence-electron chi connectivity index (χ0n) is 10.4. The zero-order valence-corrected chi connectivity index (χ0v) is 10.4. The van der Waals surface area contributed by atoms with Crippen LogP contribution in [0.1, 0.15) is 12.5 Å². The minimum Gasteiger partial charge on any atom is -0.385 e. The first-order valence-electron chi connectivity index (χ1n) is 6.06. The van der Waals surface area contributed by atoms with Crippen LogP contribution in [0.4, 0.5) is 11.4 Å². The Labute approximate surface area is 108 Å². The monoisotopic (exact) mass is 239 g/mol. The van der Waals surface area contributed by atoms with Gasteiger partial charge >= 0.3 is 0 Å². The van der Waals surface area contributed by atoms with E-state index in [9.17, 15) is 0 Å². The number of benzene rings is 2. The van der Waals surface area contributed by atoms with E-state index >= 15 is 0 Å². The number of hydrogen-bond donors (Lipinski definition) is 2. The van der Waals surface area contributed by atoms with Crippen LogP contribution in [0.15, 0.2) is 59.7 Å². The first-order chi connectivity index (χ1) is 8.88. The molecule has 18 heavy (non-hydrogen) atoms. The maximum atomic E-state index is 4.19. The smallest absolute Gasteiger partial charge is 0.0561 e. The van der Waals surface area contributed by atoms with Crippen LogP contribution in [0.2, 0.25) is 0 Å². The number of nitrogens with zero attached hydrogens (tertiary/aromatic N) is 1. The highest BCUT2D eigenvalue weighted by molar-refractivity contribution is 5.80. The zero-order chi connectivity index (χ0) is 12.6. The highest BCUT2D eigenvalue weighted by atomic mass is 15.3. The second kappa shape index (κ2) is 6.45. The van der Waals surface area contributed by atoms with E-state index in [1.165, 1.54) is 0 Å². The molecule has 2 rings (SSSR count). The van der Waals surface area contributed by atoms with Crippen molar-refractivity contribution in [2.75, 3.05) is 17.3 Å². The summed E-state index contributed by atoms with van der Waals surface area (Å²) in [5.41, 5.74) is 6.17. The number of nitrogens with one attached hydrogen (secondary N) is 2. The van der Waals surface area contributed by atoms with Gasteiger partial charge in [-0.3, -0.25) is 5.43 Å². The summed E-state index contributed by atoms with van der Waals surface area (Å²) < 4.78 is 0. The average Bonchev–Trinajstić information content (AvgIpc) is 2.42. The molecule has 2 aromatic rings. The lowest BCUT2D eigenvalue weighted by molar-refractivity contribution is 1.21. The SMILES string of the molecule is CCNc1ccc(/C=N/Nc2ccccc2)cc1. The summed E-state index contributed by atoms with van der Waals surface area (Å²) in [6.07, 6.45) is 1.81. The number of rotatable bonds is 5. The van der Waals surface area contributed by atoms with Crippen molar-refractivity contribution in [3.63, 3.8) is 0 Å². The van der Waals surface area contributed by atoms with Crippen molar-refractivity contribution in [2.24, 2.45) is 5.10 Å². The molecule has 0 aliphatic rings. The fraction of sp³-hybridized carbons (Fsp3) is 0.133. The Balaban J connectivity index is 1.93. The average molecular weight is 239 g/mol. The molecule has 3 nitrogen and oxygen atoms in total. The van der Waals surface area contributed by atoms with Gasteiger partial charge in [0.1, 0.15) is 0 Å². The molecule has 0 unspecified atom stereocenters. The minimum atomic E-state index is 0.934. The summed E-state index contributed by atoms with van der Waals surface area (Å²) in [4.78, 5) is 0. The Hall–Kier alpha value is -2.29. The molecule has 0 fully saturated rings. The summed E-state index contributed by atoms with van der Waals surface area (Å²) in [5.74, 6) is 0. The normalized spacial score (nSPS) is 10.5. The molecule has 92 valence electrons. The largest absolute Gasteiger partial charge is 0.385 e. The number of hydrogen-bond acceptors (Lipinski definition) is 3. The van der Waals surface area contributed by atoms with Crippen LogP contribution in [-0.2, 0) is 0 Å². The van der Waals surface area contributed by atoms with Gasteiger partial charge in [-0.15, -0.1) is 0 Å². The van der Waals surface area contributed by atoms with E-state index in [0.29, 0.717) is 0 Å². The van der Waals surface area contributed by atoms with E-state index in [0.717, 1.165) is 23.5 Å². The molecule has 2 N–H and O–H groups in total. The lowest BCUT2D eigenvalue weighted by Gasteiger charge is -2.02. The summed E-state index contributed by atoms with van der Waals surface area (Å²) in [5, 5.41) is 7.45. The first kappa shape index (κ1) is 12.2. The lowest BCUT2D eigenvalue weighted by atomic mass is 10.2. The highest BCUT2D eigenvalue weighted by Gasteiger charge is 1.90. The Bertz CT molecular complexity index is 489. The molecule has 0 radical (unpaired) electrons. The molecular weight excluding hydrogens is 222 g/mol. The van der Waals surface area contributed by atoms with Crippen molar-refractivity contribution in [1.29, 1.82) is 0 Å². The maximum Gasteiger partial charge on any atom is 0.0561 e. The summed E-state index contributed by atoms with van der Waals surface area (Å²) in [6, 6.07) is 18.1. The van der Waals surface area contributed by atoms with Crippen LogP contribution < -0.4 is 10.7 Å². The van der Waals surface area contributed by atoms with Crippen molar-refractivity contribution >= 4 is 17.6 Å². The molecule has 2 aromatic carbocycles. The second-order valence-electron chi connectivity index (χ2n) is 3.89. The number of anilines is 2. The van der Waals surface area contributed by atoms with Crippen LogP contribution in [0, 0.1) is 0 Å². The van der Waals surface area contributed by atoms with Gasteiger partial charge in [0.2, 0.25) is 0 Å². The Morgan fingerprint density at radius 2 is 1.67 bits per heavy atom. The molecule has 0 aliphatic heterocycles. The molecule has 3 heteroatoms. The van der Waals surface area contributed by atoms with E-state index in [4.69, 9.17) is 0 Å². The third-order valence-corrected chi connectivity index (χ3v) is 2.47. The van der Waals surface area contributed by atoms with Gasteiger partial charge in [-0.1, -0.05) is 30.3 Å². The second-order valence-corrected chi connectivity index (χ2v) is 3.89. The van der Waals surface area contributed by atoms with Crippen molar-refractivity contribution in [1.82, 2.24) is 0 Å². The van der Waals surface area contributed by atoms with Crippen molar-refractivity contribution < 1.29 is 0 Å².